The number of rotatable bonds is 3. The Hall–Kier alpha value is -4.76. The smallest absolute Gasteiger partial charge is 0.0702 e. The Balaban J connectivity index is 1.51. The average molecular weight is 462 g/mol. The first kappa shape index (κ1) is 20.6. The minimum Gasteiger partial charge on any atom is -0.309 e. The molecule has 0 N–H and O–H groups in total. The van der Waals surface area contributed by atoms with Gasteiger partial charge in [-0.3, -0.25) is 9.98 Å². The molecular formula is C33H23N3. The first-order chi connectivity index (χ1) is 17.9. The summed E-state index contributed by atoms with van der Waals surface area (Å²) >= 11 is 0. The lowest BCUT2D eigenvalue weighted by atomic mass is 9.93. The normalized spacial score (nSPS) is 13.4. The largest absolute Gasteiger partial charge is 0.309 e. The van der Waals surface area contributed by atoms with Gasteiger partial charge in [-0.1, -0.05) is 78.9 Å². The average Bonchev–Trinajstić information content (AvgIpc) is 3.46. The topological polar surface area (TPSA) is 28.5 Å². The second-order valence-electron chi connectivity index (χ2n) is 9.06. The third-order valence-electron chi connectivity index (χ3n) is 6.94. The van der Waals surface area contributed by atoms with Crippen LogP contribution in [0.1, 0.15) is 12.0 Å². The van der Waals surface area contributed by atoms with Crippen molar-refractivity contribution < 1.29 is 0 Å². The third kappa shape index (κ3) is 3.37. The number of nitrogens with zero attached hydrogens (tertiary/aromatic N) is 3. The van der Waals surface area contributed by atoms with Crippen LogP contribution in [0.15, 0.2) is 133 Å². The predicted molar refractivity (Wildman–Crippen MR) is 149 cm³/mol. The number of aromatic nitrogens is 1. The fourth-order valence-corrected chi connectivity index (χ4v) is 5.27. The van der Waals surface area contributed by atoms with E-state index in [1.165, 1.54) is 22.3 Å². The van der Waals surface area contributed by atoms with Gasteiger partial charge in [0.15, 0.2) is 0 Å². The van der Waals surface area contributed by atoms with Gasteiger partial charge >= 0.3 is 0 Å². The van der Waals surface area contributed by atoms with Gasteiger partial charge in [-0.25, -0.2) is 0 Å². The fraction of sp³-hybridized carbons (Fsp3) is 0.0303. The zero-order valence-corrected chi connectivity index (χ0v) is 19.7. The molecule has 0 bridgehead atoms. The first-order valence-electron chi connectivity index (χ1n) is 12.2. The van der Waals surface area contributed by atoms with Crippen molar-refractivity contribution in [2.45, 2.75) is 6.42 Å². The van der Waals surface area contributed by atoms with Crippen LogP contribution in [-0.4, -0.2) is 10.7 Å². The van der Waals surface area contributed by atoms with E-state index in [2.05, 4.69) is 118 Å². The number of hydrogen-bond acceptors (Lipinski definition) is 3. The van der Waals surface area contributed by atoms with Gasteiger partial charge in [-0.05, 0) is 53.1 Å². The third-order valence-corrected chi connectivity index (χ3v) is 6.94. The van der Waals surface area contributed by atoms with Crippen LogP contribution in [0.25, 0.3) is 33.5 Å². The number of allylic oxidation sites excluding steroid dienone is 1. The molecule has 3 heteroatoms. The Morgan fingerprint density at radius 3 is 2.14 bits per heavy atom. The summed E-state index contributed by atoms with van der Waals surface area (Å²) in [5.41, 5.74) is 12.6. The first-order valence-corrected chi connectivity index (χ1v) is 12.2. The fourth-order valence-electron chi connectivity index (χ4n) is 5.27. The van der Waals surface area contributed by atoms with Gasteiger partial charge in [0, 0.05) is 41.2 Å². The predicted octanol–water partition coefficient (Wildman–Crippen LogP) is 8.57. The summed E-state index contributed by atoms with van der Waals surface area (Å²) in [7, 11) is 0. The van der Waals surface area contributed by atoms with E-state index in [0.29, 0.717) is 0 Å². The molecule has 7 rings (SSSR count). The molecule has 0 unspecified atom stereocenters. The Bertz CT molecular complexity index is 1660. The van der Waals surface area contributed by atoms with E-state index >= 15 is 0 Å². The lowest BCUT2D eigenvalue weighted by Crippen LogP contribution is -2.12. The van der Waals surface area contributed by atoms with Crippen LogP contribution in [-0.2, 0) is 0 Å². The minimum atomic E-state index is 0.862. The van der Waals surface area contributed by atoms with E-state index in [4.69, 9.17) is 0 Å². The highest BCUT2D eigenvalue weighted by molar-refractivity contribution is 6.08. The van der Waals surface area contributed by atoms with Gasteiger partial charge in [-0.15, -0.1) is 0 Å². The zero-order valence-electron chi connectivity index (χ0n) is 19.7. The van der Waals surface area contributed by atoms with Crippen LogP contribution < -0.4 is 4.90 Å². The van der Waals surface area contributed by atoms with Crippen molar-refractivity contribution >= 4 is 22.8 Å². The molecule has 0 saturated heterocycles. The molecule has 0 atom stereocenters. The minimum absolute atomic E-state index is 0.862. The van der Waals surface area contributed by atoms with Gasteiger partial charge in [0.2, 0.25) is 0 Å². The molecular weight excluding hydrogens is 438 g/mol. The molecule has 1 aromatic heterocycles. The van der Waals surface area contributed by atoms with Crippen molar-refractivity contribution in [3.05, 3.63) is 133 Å². The highest BCUT2D eigenvalue weighted by Crippen LogP contribution is 2.51. The molecule has 3 heterocycles. The number of aliphatic imine (C=N–C) groups is 1. The summed E-state index contributed by atoms with van der Waals surface area (Å²) < 4.78 is 0. The van der Waals surface area contributed by atoms with Crippen molar-refractivity contribution in [3.63, 3.8) is 0 Å². The lowest BCUT2D eigenvalue weighted by molar-refractivity contribution is 1.28. The highest BCUT2D eigenvalue weighted by Gasteiger charge is 2.26. The van der Waals surface area contributed by atoms with E-state index in [-0.39, 0.29) is 0 Å². The lowest BCUT2D eigenvalue weighted by Gasteiger charge is -2.28. The summed E-state index contributed by atoms with van der Waals surface area (Å²) in [6.07, 6.45) is 6.72. The van der Waals surface area contributed by atoms with Crippen molar-refractivity contribution in [2.75, 3.05) is 4.90 Å². The van der Waals surface area contributed by atoms with Crippen LogP contribution in [0.5, 0.6) is 0 Å². The molecule has 0 aliphatic carbocycles. The molecule has 0 spiro atoms. The molecule has 0 saturated carbocycles. The van der Waals surface area contributed by atoms with Crippen LogP contribution in [0.4, 0.5) is 17.1 Å². The van der Waals surface area contributed by atoms with Gasteiger partial charge < -0.3 is 4.90 Å². The van der Waals surface area contributed by atoms with E-state index in [1.807, 2.05) is 24.5 Å². The maximum absolute atomic E-state index is 4.63. The summed E-state index contributed by atoms with van der Waals surface area (Å²) in [5.74, 6) is 0. The van der Waals surface area contributed by atoms with Crippen molar-refractivity contribution in [1.82, 2.24) is 4.98 Å². The molecule has 170 valence electrons. The Morgan fingerprint density at radius 1 is 0.583 bits per heavy atom. The van der Waals surface area contributed by atoms with Gasteiger partial charge in [0.25, 0.3) is 0 Å². The molecule has 2 aliphatic heterocycles. The second-order valence-corrected chi connectivity index (χ2v) is 9.06. The summed E-state index contributed by atoms with van der Waals surface area (Å²) in [5, 5.41) is 0. The molecule has 0 radical (unpaired) electrons. The van der Waals surface area contributed by atoms with E-state index < -0.39 is 0 Å². The SMILES string of the molecule is C1=CN=C(c2ccc3c(c2)N(c2cccc(-c4ccccn4)c2)c2ccccc2-c2ccccc2-3)C1. The Kier molecular flexibility index (Phi) is 4.85. The van der Waals surface area contributed by atoms with Gasteiger partial charge in [-0.2, -0.15) is 0 Å². The number of para-hydroxylation sites is 1. The van der Waals surface area contributed by atoms with Crippen molar-refractivity contribution in [1.29, 1.82) is 0 Å². The number of anilines is 3. The van der Waals surface area contributed by atoms with Crippen LogP contribution in [0, 0.1) is 0 Å². The molecule has 3 nitrogen and oxygen atoms in total. The van der Waals surface area contributed by atoms with Crippen molar-refractivity contribution in [2.24, 2.45) is 4.99 Å². The Morgan fingerprint density at radius 2 is 1.36 bits per heavy atom. The second kappa shape index (κ2) is 8.47. The number of hydrogen-bond donors (Lipinski definition) is 0. The highest BCUT2D eigenvalue weighted by atomic mass is 15.1. The summed E-state index contributed by atoms with van der Waals surface area (Å²) in [4.78, 5) is 11.6. The maximum Gasteiger partial charge on any atom is 0.0702 e. The standard InChI is InChI=1S/C33H23N3/c1-2-12-27-26(11-1)28-13-3-4-16-32(28)36(25-10-7-9-23(21-25)30-14-5-6-19-34-30)33-22-24(17-18-29(27)33)31-15-8-20-35-31/h1-14,16-22H,15H2. The quantitative estimate of drug-likeness (QED) is 0.264. The molecule has 4 aromatic carbocycles. The van der Waals surface area contributed by atoms with E-state index in [0.717, 1.165) is 46.0 Å². The number of fused-ring (bicyclic) bond motifs is 5. The molecule has 36 heavy (non-hydrogen) atoms. The van der Waals surface area contributed by atoms with Crippen molar-refractivity contribution in [3.8, 4) is 33.5 Å². The van der Waals surface area contributed by atoms with Crippen LogP contribution in [0.3, 0.4) is 0 Å². The summed E-state index contributed by atoms with van der Waals surface area (Å²) in [6, 6.07) is 38.9. The monoisotopic (exact) mass is 461 g/mol. The Labute approximate surface area is 210 Å². The van der Waals surface area contributed by atoms with E-state index in [9.17, 15) is 0 Å². The van der Waals surface area contributed by atoms with Crippen LogP contribution >= 0.6 is 0 Å². The van der Waals surface area contributed by atoms with E-state index in [1.54, 1.807) is 0 Å². The molecule has 0 fully saturated rings. The van der Waals surface area contributed by atoms with Gasteiger partial charge in [0.05, 0.1) is 22.8 Å². The number of benzene rings is 4. The number of pyridine rings is 1. The summed E-state index contributed by atoms with van der Waals surface area (Å²) in [6.45, 7) is 0. The maximum atomic E-state index is 4.63. The molecule has 0 amide bonds. The van der Waals surface area contributed by atoms with Gasteiger partial charge in [0.1, 0.15) is 0 Å². The zero-order chi connectivity index (χ0) is 23.9. The molecule has 5 aromatic rings. The van der Waals surface area contributed by atoms with Crippen LogP contribution in [0.2, 0.25) is 0 Å². The molecule has 2 aliphatic rings.